The molecule has 4 rings (SSSR count). The molecule has 1 N–H and O–H groups in total. The van der Waals surface area contributed by atoms with Gasteiger partial charge in [0.1, 0.15) is 0 Å². The van der Waals surface area contributed by atoms with Gasteiger partial charge < -0.3 is 15.0 Å². The smallest absolute Gasteiger partial charge is 0.241 e. The van der Waals surface area contributed by atoms with Gasteiger partial charge in [-0.05, 0) is 48.2 Å². The largest absolute Gasteiger partial charge is 0.378 e. The number of amides is 1. The van der Waals surface area contributed by atoms with Crippen molar-refractivity contribution >= 4 is 17.3 Å². The molecule has 0 saturated carbocycles. The predicted molar refractivity (Wildman–Crippen MR) is 135 cm³/mol. The zero-order chi connectivity index (χ0) is 23.2. The Morgan fingerprint density at radius 3 is 2.12 bits per heavy atom. The lowest BCUT2D eigenvalue weighted by Crippen LogP contribution is -2.52. The molecule has 178 valence electrons. The normalized spacial score (nSPS) is 19.0. The number of anilines is 2. The maximum absolute atomic E-state index is 12.9. The second-order valence-electron chi connectivity index (χ2n) is 9.52. The summed E-state index contributed by atoms with van der Waals surface area (Å²) in [5.74, 6) is 0.629. The molecule has 6 heteroatoms. The molecule has 2 saturated heterocycles. The van der Waals surface area contributed by atoms with Crippen LogP contribution >= 0.6 is 0 Å². The van der Waals surface area contributed by atoms with E-state index in [9.17, 15) is 4.79 Å². The van der Waals surface area contributed by atoms with E-state index in [2.05, 4.69) is 70.3 Å². The van der Waals surface area contributed by atoms with Gasteiger partial charge in [0.2, 0.25) is 5.91 Å². The van der Waals surface area contributed by atoms with Gasteiger partial charge in [-0.3, -0.25) is 14.6 Å². The van der Waals surface area contributed by atoms with Crippen LogP contribution in [-0.4, -0.2) is 74.2 Å². The number of benzene rings is 2. The lowest BCUT2D eigenvalue weighted by Gasteiger charge is -2.37. The molecule has 0 bridgehead atoms. The van der Waals surface area contributed by atoms with E-state index in [4.69, 9.17) is 4.74 Å². The van der Waals surface area contributed by atoms with Crippen molar-refractivity contribution in [3.8, 4) is 0 Å². The first-order chi connectivity index (χ1) is 16.0. The van der Waals surface area contributed by atoms with Crippen molar-refractivity contribution in [2.24, 2.45) is 0 Å². The van der Waals surface area contributed by atoms with Crippen LogP contribution in [0.25, 0.3) is 0 Å². The first kappa shape index (κ1) is 23.7. The minimum Gasteiger partial charge on any atom is -0.378 e. The monoisotopic (exact) mass is 450 g/mol. The third-order valence-electron chi connectivity index (χ3n) is 6.90. The Kier molecular flexibility index (Phi) is 8.02. The number of ether oxygens (including phenoxy) is 1. The second kappa shape index (κ2) is 11.1. The molecule has 0 spiro atoms. The van der Waals surface area contributed by atoms with E-state index in [1.807, 2.05) is 19.1 Å². The first-order valence-corrected chi connectivity index (χ1v) is 12.3. The summed E-state index contributed by atoms with van der Waals surface area (Å²) in [5.41, 5.74) is 4.78. The molecule has 2 fully saturated rings. The molecule has 1 amide bonds. The molecule has 2 aromatic rings. The lowest BCUT2D eigenvalue weighted by molar-refractivity contribution is -0.121. The number of hydrogen-bond donors (Lipinski definition) is 1. The summed E-state index contributed by atoms with van der Waals surface area (Å²) in [7, 11) is 0. The standard InChI is InChI=1S/C27H38N4O2/c1-21(2)24-6-4-23(5-7-24)20-29-12-14-30(15-13-29)22(3)27(32)28-25-8-10-26(11-9-25)31-16-18-33-19-17-31/h4-11,21-22H,12-20H2,1-3H3,(H,28,32). The van der Waals surface area contributed by atoms with Gasteiger partial charge in [-0.1, -0.05) is 38.1 Å². The van der Waals surface area contributed by atoms with E-state index in [0.717, 1.165) is 64.7 Å². The molecule has 2 aliphatic rings. The van der Waals surface area contributed by atoms with Crippen molar-refractivity contribution in [2.75, 3.05) is 62.7 Å². The molecule has 0 aliphatic carbocycles. The fourth-order valence-electron chi connectivity index (χ4n) is 4.56. The van der Waals surface area contributed by atoms with Crippen molar-refractivity contribution in [3.63, 3.8) is 0 Å². The van der Waals surface area contributed by atoms with Crippen LogP contribution in [-0.2, 0) is 16.1 Å². The molecular weight excluding hydrogens is 412 g/mol. The van der Waals surface area contributed by atoms with Crippen LogP contribution in [0.4, 0.5) is 11.4 Å². The van der Waals surface area contributed by atoms with Crippen LogP contribution in [0, 0.1) is 0 Å². The third-order valence-corrected chi connectivity index (χ3v) is 6.90. The Morgan fingerprint density at radius 2 is 1.52 bits per heavy atom. The molecule has 2 aromatic carbocycles. The summed E-state index contributed by atoms with van der Waals surface area (Å²) in [6, 6.07) is 17.0. The van der Waals surface area contributed by atoms with Crippen LogP contribution < -0.4 is 10.2 Å². The number of rotatable bonds is 7. The molecule has 2 heterocycles. The predicted octanol–water partition coefficient (Wildman–Crippen LogP) is 3.79. The average molecular weight is 451 g/mol. The quantitative estimate of drug-likeness (QED) is 0.696. The minimum absolute atomic E-state index is 0.0619. The Morgan fingerprint density at radius 1 is 0.879 bits per heavy atom. The summed E-state index contributed by atoms with van der Waals surface area (Å²) in [5, 5.41) is 3.10. The van der Waals surface area contributed by atoms with Crippen LogP contribution in [0.1, 0.15) is 37.8 Å². The fraction of sp³-hybridized carbons (Fsp3) is 0.519. The van der Waals surface area contributed by atoms with Crippen molar-refractivity contribution < 1.29 is 9.53 Å². The van der Waals surface area contributed by atoms with Crippen LogP contribution in [0.2, 0.25) is 0 Å². The zero-order valence-electron chi connectivity index (χ0n) is 20.3. The number of carbonyl (C=O) groups excluding carboxylic acids is 1. The van der Waals surface area contributed by atoms with Crippen molar-refractivity contribution in [3.05, 3.63) is 59.7 Å². The molecule has 2 aliphatic heterocycles. The lowest BCUT2D eigenvalue weighted by atomic mass is 10.0. The molecule has 6 nitrogen and oxygen atoms in total. The van der Waals surface area contributed by atoms with Crippen LogP contribution in [0.15, 0.2) is 48.5 Å². The van der Waals surface area contributed by atoms with Gasteiger partial charge in [-0.15, -0.1) is 0 Å². The molecule has 1 atom stereocenters. The van der Waals surface area contributed by atoms with Crippen LogP contribution in [0.5, 0.6) is 0 Å². The summed E-state index contributed by atoms with van der Waals surface area (Å²) in [6.45, 7) is 14.6. The summed E-state index contributed by atoms with van der Waals surface area (Å²) < 4.78 is 5.42. The third kappa shape index (κ3) is 6.34. The highest BCUT2D eigenvalue weighted by Gasteiger charge is 2.25. The molecule has 0 radical (unpaired) electrons. The summed E-state index contributed by atoms with van der Waals surface area (Å²) in [6.07, 6.45) is 0. The molecule has 0 aromatic heterocycles. The van der Waals surface area contributed by atoms with Gasteiger partial charge in [0.25, 0.3) is 0 Å². The maximum Gasteiger partial charge on any atom is 0.241 e. The van der Waals surface area contributed by atoms with Crippen molar-refractivity contribution in [1.29, 1.82) is 0 Å². The van der Waals surface area contributed by atoms with Gasteiger partial charge in [-0.25, -0.2) is 0 Å². The van der Waals surface area contributed by atoms with E-state index in [0.29, 0.717) is 5.92 Å². The average Bonchev–Trinajstić information content (AvgIpc) is 2.85. The van der Waals surface area contributed by atoms with Crippen molar-refractivity contribution in [1.82, 2.24) is 9.80 Å². The van der Waals surface area contributed by atoms with E-state index < -0.39 is 0 Å². The van der Waals surface area contributed by atoms with Gasteiger partial charge >= 0.3 is 0 Å². The van der Waals surface area contributed by atoms with Crippen LogP contribution in [0.3, 0.4) is 0 Å². The highest BCUT2D eigenvalue weighted by Crippen LogP contribution is 2.20. The highest BCUT2D eigenvalue weighted by atomic mass is 16.5. The Bertz CT molecular complexity index is 883. The minimum atomic E-state index is -0.142. The van der Waals surface area contributed by atoms with Gasteiger partial charge in [0, 0.05) is 57.2 Å². The number of carbonyl (C=O) groups is 1. The van der Waals surface area contributed by atoms with Gasteiger partial charge in [0.15, 0.2) is 0 Å². The number of morpholine rings is 1. The summed E-state index contributed by atoms with van der Waals surface area (Å²) in [4.78, 5) is 19.9. The first-order valence-electron chi connectivity index (χ1n) is 12.3. The van der Waals surface area contributed by atoms with Gasteiger partial charge in [0.05, 0.1) is 19.3 Å². The number of nitrogens with one attached hydrogen (secondary N) is 1. The molecular formula is C27H38N4O2. The molecule has 1 unspecified atom stereocenters. The van der Waals surface area contributed by atoms with E-state index in [1.165, 1.54) is 16.8 Å². The number of hydrogen-bond acceptors (Lipinski definition) is 5. The second-order valence-corrected chi connectivity index (χ2v) is 9.52. The van der Waals surface area contributed by atoms with E-state index in [1.54, 1.807) is 0 Å². The SMILES string of the molecule is CC(C)c1ccc(CN2CCN(C(C)C(=O)Nc3ccc(N4CCOCC4)cc3)CC2)cc1. The Labute approximate surface area is 198 Å². The number of piperazine rings is 1. The highest BCUT2D eigenvalue weighted by molar-refractivity contribution is 5.94. The fourth-order valence-corrected chi connectivity index (χ4v) is 4.56. The van der Waals surface area contributed by atoms with E-state index >= 15 is 0 Å². The summed E-state index contributed by atoms with van der Waals surface area (Å²) >= 11 is 0. The van der Waals surface area contributed by atoms with Gasteiger partial charge in [-0.2, -0.15) is 0 Å². The maximum atomic E-state index is 12.9. The Balaban J connectivity index is 1.23. The zero-order valence-corrected chi connectivity index (χ0v) is 20.3. The molecule has 33 heavy (non-hydrogen) atoms. The topological polar surface area (TPSA) is 48.0 Å². The number of nitrogens with zero attached hydrogens (tertiary/aromatic N) is 3. The van der Waals surface area contributed by atoms with E-state index in [-0.39, 0.29) is 11.9 Å². The van der Waals surface area contributed by atoms with Crippen molar-refractivity contribution in [2.45, 2.75) is 39.3 Å². The Hall–Kier alpha value is -2.41.